The van der Waals surface area contributed by atoms with Crippen LogP contribution in [0.4, 0.5) is 5.82 Å². The highest BCUT2D eigenvalue weighted by molar-refractivity contribution is 7.92. The number of ether oxygens (including phenoxy) is 1. The number of aromatic nitrogens is 5. The van der Waals surface area contributed by atoms with E-state index in [9.17, 15) is 8.42 Å². The molecule has 10 heteroatoms. The lowest BCUT2D eigenvalue weighted by atomic mass is 10.1. The van der Waals surface area contributed by atoms with Crippen LogP contribution in [0.3, 0.4) is 0 Å². The van der Waals surface area contributed by atoms with E-state index in [2.05, 4.69) is 27.0 Å². The van der Waals surface area contributed by atoms with Crippen molar-refractivity contribution in [1.29, 1.82) is 0 Å². The van der Waals surface area contributed by atoms with E-state index in [1.807, 2.05) is 19.1 Å². The minimum absolute atomic E-state index is 0.149. The second-order valence-electron chi connectivity index (χ2n) is 8.10. The van der Waals surface area contributed by atoms with Crippen molar-refractivity contribution >= 4 is 21.2 Å². The average Bonchev–Trinajstić information content (AvgIpc) is 3.23. The molecule has 9 nitrogen and oxygen atoms in total. The van der Waals surface area contributed by atoms with Gasteiger partial charge in [-0.05, 0) is 38.8 Å². The van der Waals surface area contributed by atoms with E-state index in [4.69, 9.17) is 9.84 Å². The highest BCUT2D eigenvalue weighted by Crippen LogP contribution is 2.54. The van der Waals surface area contributed by atoms with Crippen LogP contribution in [0.5, 0.6) is 0 Å². The molecule has 3 aromatic rings. The topological polar surface area (TPSA) is 105 Å². The molecule has 1 aliphatic carbocycles. The van der Waals surface area contributed by atoms with Crippen LogP contribution in [-0.2, 0) is 19.3 Å². The van der Waals surface area contributed by atoms with Crippen molar-refractivity contribution in [1.82, 2.24) is 24.8 Å². The Balaban J connectivity index is 1.76. The van der Waals surface area contributed by atoms with Crippen LogP contribution >= 0.6 is 0 Å². The van der Waals surface area contributed by atoms with Gasteiger partial charge in [0.1, 0.15) is 11.5 Å². The van der Waals surface area contributed by atoms with Gasteiger partial charge in [-0.2, -0.15) is 5.10 Å². The molecule has 1 atom stereocenters. The van der Waals surface area contributed by atoms with Crippen molar-refractivity contribution in [2.75, 3.05) is 30.9 Å². The Morgan fingerprint density at radius 3 is 2.72 bits per heavy atom. The number of imidazole rings is 1. The van der Waals surface area contributed by atoms with Crippen molar-refractivity contribution in [2.45, 2.75) is 37.5 Å². The highest BCUT2D eigenvalue weighted by Gasteiger charge is 2.55. The third-order valence-electron chi connectivity index (χ3n) is 6.00. The summed E-state index contributed by atoms with van der Waals surface area (Å²) in [5, 5.41) is 12.0. The quantitative estimate of drug-likeness (QED) is 0.690. The van der Waals surface area contributed by atoms with Crippen LogP contribution in [0.2, 0.25) is 0 Å². The zero-order valence-electron chi connectivity index (χ0n) is 16.7. The Morgan fingerprint density at radius 2 is 2.10 bits per heavy atom. The Kier molecular flexibility index (Phi) is 4.01. The van der Waals surface area contributed by atoms with Crippen molar-refractivity contribution in [3.8, 4) is 11.5 Å². The maximum absolute atomic E-state index is 12.7. The number of nitrogens with one attached hydrogen (secondary N) is 1. The fraction of sp³-hybridized carbons (Fsp3) is 0.526. The Hall–Kier alpha value is -2.46. The predicted molar refractivity (Wildman–Crippen MR) is 109 cm³/mol. The summed E-state index contributed by atoms with van der Waals surface area (Å²) < 4.78 is 31.8. The first-order valence-electron chi connectivity index (χ1n) is 9.76. The lowest BCUT2D eigenvalue weighted by Gasteiger charge is -2.34. The van der Waals surface area contributed by atoms with Crippen molar-refractivity contribution in [3.05, 3.63) is 29.6 Å². The first kappa shape index (κ1) is 18.6. The summed E-state index contributed by atoms with van der Waals surface area (Å²) in [4.78, 5) is 6.73. The van der Waals surface area contributed by atoms with Crippen molar-refractivity contribution in [2.24, 2.45) is 0 Å². The molecule has 1 saturated heterocycles. The molecule has 4 heterocycles. The maximum atomic E-state index is 12.7. The molecule has 1 saturated carbocycles. The number of anilines is 1. The molecule has 0 bridgehead atoms. The molecule has 29 heavy (non-hydrogen) atoms. The monoisotopic (exact) mass is 416 g/mol. The normalized spacial score (nSPS) is 21.6. The van der Waals surface area contributed by atoms with Gasteiger partial charge in [0.05, 0.1) is 41.4 Å². The van der Waals surface area contributed by atoms with Crippen molar-refractivity contribution < 1.29 is 13.2 Å². The SMILES string of the molecule is Cc1cc(-c2ncc3c(C4(S(C)(=O)=O)CC4)cc(N4CCOCC4C)nn23)[nH]n1. The van der Waals surface area contributed by atoms with Gasteiger partial charge in [0.25, 0.3) is 0 Å². The highest BCUT2D eigenvalue weighted by atomic mass is 32.2. The van der Waals surface area contributed by atoms with E-state index in [1.54, 1.807) is 10.7 Å². The molecule has 2 fully saturated rings. The van der Waals surface area contributed by atoms with Gasteiger partial charge in [-0.3, -0.25) is 5.10 Å². The number of H-pyrrole nitrogens is 1. The van der Waals surface area contributed by atoms with Crippen LogP contribution in [0.15, 0.2) is 18.3 Å². The van der Waals surface area contributed by atoms with E-state index in [0.29, 0.717) is 38.4 Å². The lowest BCUT2D eigenvalue weighted by Crippen LogP contribution is -2.44. The minimum atomic E-state index is -3.28. The third-order valence-corrected chi connectivity index (χ3v) is 8.05. The predicted octanol–water partition coefficient (Wildman–Crippen LogP) is 1.69. The number of aryl methyl sites for hydroxylation is 1. The molecule has 1 aliphatic heterocycles. The smallest absolute Gasteiger partial charge is 0.179 e. The van der Waals surface area contributed by atoms with Crippen LogP contribution in [-0.4, -0.2) is 65.3 Å². The van der Waals surface area contributed by atoms with E-state index >= 15 is 0 Å². The summed E-state index contributed by atoms with van der Waals surface area (Å²) in [5.41, 5.74) is 3.10. The molecule has 5 rings (SSSR count). The molecule has 0 aromatic carbocycles. The van der Waals surface area contributed by atoms with E-state index in [0.717, 1.165) is 28.3 Å². The molecule has 1 unspecified atom stereocenters. The fourth-order valence-electron chi connectivity index (χ4n) is 4.21. The second-order valence-corrected chi connectivity index (χ2v) is 10.4. The Labute approximate surface area is 169 Å². The number of aromatic amines is 1. The van der Waals surface area contributed by atoms with Gasteiger partial charge >= 0.3 is 0 Å². The molecule has 0 spiro atoms. The van der Waals surface area contributed by atoms with E-state index in [1.165, 1.54) is 6.26 Å². The summed E-state index contributed by atoms with van der Waals surface area (Å²) in [6, 6.07) is 4.00. The van der Waals surface area contributed by atoms with Gasteiger partial charge in [0.15, 0.2) is 15.7 Å². The summed E-state index contributed by atoms with van der Waals surface area (Å²) in [5.74, 6) is 1.36. The summed E-state index contributed by atoms with van der Waals surface area (Å²) in [6.45, 7) is 5.92. The second kappa shape index (κ2) is 6.27. The number of sulfone groups is 1. The van der Waals surface area contributed by atoms with Gasteiger partial charge in [-0.1, -0.05) is 0 Å². The first-order chi connectivity index (χ1) is 13.8. The minimum Gasteiger partial charge on any atom is -0.377 e. The van der Waals surface area contributed by atoms with Gasteiger partial charge in [-0.25, -0.2) is 17.9 Å². The Morgan fingerprint density at radius 1 is 1.31 bits per heavy atom. The lowest BCUT2D eigenvalue weighted by molar-refractivity contribution is 0.0984. The van der Waals surface area contributed by atoms with Gasteiger partial charge in [0, 0.05) is 18.4 Å². The van der Waals surface area contributed by atoms with Gasteiger partial charge in [-0.15, -0.1) is 5.10 Å². The molecule has 3 aromatic heterocycles. The standard InChI is InChI=1S/C19H24N6O3S/c1-12-8-15(22-21-12)18-20-10-16-14(19(4-5-19)29(3,26)27)9-17(23-25(16)18)24-6-7-28-11-13(24)2/h8-10,13H,4-7,11H2,1-3H3,(H,21,22). The number of morpholine rings is 1. The molecule has 154 valence electrons. The first-order valence-corrected chi connectivity index (χ1v) is 11.6. The molecular formula is C19H24N6O3S. The number of nitrogens with zero attached hydrogens (tertiary/aromatic N) is 5. The van der Waals surface area contributed by atoms with Crippen LogP contribution in [0.25, 0.3) is 17.0 Å². The molecule has 2 aliphatic rings. The summed E-state index contributed by atoms with van der Waals surface area (Å²) >= 11 is 0. The Bertz CT molecular complexity index is 1190. The fourth-order valence-corrected chi connectivity index (χ4v) is 5.62. The summed E-state index contributed by atoms with van der Waals surface area (Å²) in [6.07, 6.45) is 4.27. The zero-order valence-corrected chi connectivity index (χ0v) is 17.5. The molecule has 0 radical (unpaired) electrons. The van der Waals surface area contributed by atoms with Crippen LogP contribution in [0, 0.1) is 6.92 Å². The average molecular weight is 417 g/mol. The largest absolute Gasteiger partial charge is 0.377 e. The zero-order chi connectivity index (χ0) is 20.4. The number of hydrogen-bond donors (Lipinski definition) is 1. The third kappa shape index (κ3) is 2.84. The molecular weight excluding hydrogens is 392 g/mol. The van der Waals surface area contributed by atoms with E-state index < -0.39 is 14.6 Å². The summed E-state index contributed by atoms with van der Waals surface area (Å²) in [7, 11) is -3.28. The van der Waals surface area contributed by atoms with Crippen LogP contribution < -0.4 is 4.90 Å². The molecule has 1 N–H and O–H groups in total. The van der Waals surface area contributed by atoms with Crippen LogP contribution in [0.1, 0.15) is 31.0 Å². The maximum Gasteiger partial charge on any atom is 0.179 e. The van der Waals surface area contributed by atoms with Gasteiger partial charge in [0.2, 0.25) is 0 Å². The number of fused-ring (bicyclic) bond motifs is 1. The number of rotatable bonds is 4. The van der Waals surface area contributed by atoms with E-state index in [-0.39, 0.29) is 6.04 Å². The van der Waals surface area contributed by atoms with Crippen molar-refractivity contribution in [3.63, 3.8) is 0 Å². The molecule has 0 amide bonds. The number of hydrogen-bond acceptors (Lipinski definition) is 7. The van der Waals surface area contributed by atoms with Gasteiger partial charge < -0.3 is 9.64 Å².